The van der Waals surface area contributed by atoms with Gasteiger partial charge < -0.3 is 4.57 Å². The van der Waals surface area contributed by atoms with Gasteiger partial charge in [-0.1, -0.05) is 224 Å². The number of rotatable bonds is 6. The molecule has 0 unspecified atom stereocenters. The van der Waals surface area contributed by atoms with Crippen molar-refractivity contribution in [3.8, 4) is 61.3 Å². The van der Waals surface area contributed by atoms with Gasteiger partial charge in [0.05, 0.1) is 16.7 Å². The lowest BCUT2D eigenvalue weighted by Gasteiger charge is -2.20. The molecule has 0 amide bonds. The Hall–Kier alpha value is -9.08. The van der Waals surface area contributed by atoms with Gasteiger partial charge in [0.1, 0.15) is 0 Å². The summed E-state index contributed by atoms with van der Waals surface area (Å²) in [6, 6.07) is 96.7. The van der Waals surface area contributed by atoms with E-state index in [-0.39, 0.29) is 0 Å². The second-order valence-corrected chi connectivity index (χ2v) is 20.1. The lowest BCUT2D eigenvalue weighted by atomic mass is 9.85. The SMILES string of the molecule is c1ccc(-c2ccc3c(c2)c2cc(-c4ccccc4)ccc2n3-c2c3ccccc3c(-c3ccc4sc5c(-c6c7ccccc7c(-c7ccccc7)c7ccccc67)cccc5c4c3)c3ccccc23)cc1. The zero-order chi connectivity index (χ0) is 47.3. The summed E-state index contributed by atoms with van der Waals surface area (Å²) >= 11 is 1.91. The molecule has 15 rings (SSSR count). The highest BCUT2D eigenvalue weighted by Crippen LogP contribution is 2.50. The first-order valence-corrected chi connectivity index (χ1v) is 25.6. The molecule has 13 aromatic carbocycles. The molecule has 2 aromatic heterocycles. The van der Waals surface area contributed by atoms with Crippen molar-refractivity contribution in [1.82, 2.24) is 4.57 Å². The van der Waals surface area contributed by atoms with Crippen molar-refractivity contribution < 1.29 is 0 Å². The Labute approximate surface area is 420 Å². The van der Waals surface area contributed by atoms with Crippen LogP contribution in [-0.2, 0) is 0 Å². The Morgan fingerprint density at radius 1 is 0.236 bits per heavy atom. The highest BCUT2D eigenvalue weighted by molar-refractivity contribution is 7.26. The summed E-state index contributed by atoms with van der Waals surface area (Å²) in [6.45, 7) is 0. The van der Waals surface area contributed by atoms with Crippen LogP contribution in [0.3, 0.4) is 0 Å². The van der Waals surface area contributed by atoms with Crippen LogP contribution in [0.5, 0.6) is 0 Å². The van der Waals surface area contributed by atoms with E-state index in [0.717, 1.165) is 0 Å². The fraction of sp³-hybridized carbons (Fsp3) is 0. The fourth-order valence-electron chi connectivity index (χ4n) is 12.0. The van der Waals surface area contributed by atoms with Crippen LogP contribution in [0.1, 0.15) is 0 Å². The van der Waals surface area contributed by atoms with Gasteiger partial charge in [-0.2, -0.15) is 0 Å². The maximum atomic E-state index is 2.54. The van der Waals surface area contributed by atoms with Gasteiger partial charge in [-0.25, -0.2) is 0 Å². The van der Waals surface area contributed by atoms with Crippen LogP contribution in [0, 0.1) is 0 Å². The summed E-state index contributed by atoms with van der Waals surface area (Å²) in [6.07, 6.45) is 0. The van der Waals surface area contributed by atoms with Gasteiger partial charge in [0, 0.05) is 47.3 Å². The normalized spacial score (nSPS) is 11.9. The van der Waals surface area contributed by atoms with Crippen LogP contribution in [0.2, 0.25) is 0 Å². The van der Waals surface area contributed by atoms with Gasteiger partial charge >= 0.3 is 0 Å². The molecule has 2 heterocycles. The summed E-state index contributed by atoms with van der Waals surface area (Å²) in [5.74, 6) is 0. The van der Waals surface area contributed by atoms with E-state index >= 15 is 0 Å². The van der Waals surface area contributed by atoms with Crippen molar-refractivity contribution in [2.45, 2.75) is 0 Å². The van der Waals surface area contributed by atoms with Gasteiger partial charge in [-0.05, 0) is 119 Å². The third-order valence-electron chi connectivity index (χ3n) is 15.2. The molecule has 1 nitrogen and oxygen atoms in total. The largest absolute Gasteiger partial charge is 0.308 e. The van der Waals surface area contributed by atoms with Crippen molar-refractivity contribution >= 4 is 96.4 Å². The number of thiophene rings is 1. The molecule has 0 saturated carbocycles. The third-order valence-corrected chi connectivity index (χ3v) is 16.4. The highest BCUT2D eigenvalue weighted by Gasteiger charge is 2.23. The Balaban J connectivity index is 0.958. The van der Waals surface area contributed by atoms with Crippen LogP contribution in [-0.4, -0.2) is 4.57 Å². The zero-order valence-corrected chi connectivity index (χ0v) is 40.0. The van der Waals surface area contributed by atoms with Crippen LogP contribution >= 0.6 is 11.3 Å². The second-order valence-electron chi connectivity index (χ2n) is 19.0. The third kappa shape index (κ3) is 6.19. The molecule has 0 atom stereocenters. The molecule has 0 aliphatic carbocycles. The lowest BCUT2D eigenvalue weighted by Crippen LogP contribution is -1.99. The van der Waals surface area contributed by atoms with Gasteiger partial charge in [-0.3, -0.25) is 0 Å². The Morgan fingerprint density at radius 2 is 0.625 bits per heavy atom. The maximum Gasteiger partial charge on any atom is 0.0619 e. The van der Waals surface area contributed by atoms with Gasteiger partial charge in [-0.15, -0.1) is 11.3 Å². The molecule has 0 bridgehead atoms. The first-order valence-electron chi connectivity index (χ1n) is 24.8. The molecule has 0 fully saturated rings. The molecular weight excluding hydrogens is 887 g/mol. The van der Waals surface area contributed by atoms with E-state index in [1.54, 1.807) is 0 Å². The van der Waals surface area contributed by atoms with Gasteiger partial charge in [0.15, 0.2) is 0 Å². The number of fused-ring (bicyclic) bond motifs is 10. The molecule has 0 N–H and O–H groups in total. The fourth-order valence-corrected chi connectivity index (χ4v) is 13.2. The quantitative estimate of drug-likeness (QED) is 0.146. The summed E-state index contributed by atoms with van der Waals surface area (Å²) in [5, 5.41) is 15.1. The van der Waals surface area contributed by atoms with Crippen molar-refractivity contribution in [2.24, 2.45) is 0 Å². The average molecular weight is 930 g/mol. The van der Waals surface area contributed by atoms with E-state index in [1.807, 2.05) is 11.3 Å². The Morgan fingerprint density at radius 3 is 1.14 bits per heavy atom. The molecule has 0 radical (unpaired) electrons. The van der Waals surface area contributed by atoms with E-state index in [2.05, 4.69) is 265 Å². The summed E-state index contributed by atoms with van der Waals surface area (Å²) in [7, 11) is 0. The minimum absolute atomic E-state index is 1.19. The predicted molar refractivity (Wildman–Crippen MR) is 311 cm³/mol. The summed E-state index contributed by atoms with van der Waals surface area (Å²) < 4.78 is 5.14. The van der Waals surface area contributed by atoms with Crippen molar-refractivity contribution in [3.05, 3.63) is 261 Å². The monoisotopic (exact) mass is 929 g/mol. The van der Waals surface area contributed by atoms with E-state index in [0.29, 0.717) is 0 Å². The maximum absolute atomic E-state index is 2.54. The smallest absolute Gasteiger partial charge is 0.0619 e. The average Bonchev–Trinajstić information content (AvgIpc) is 3.99. The van der Waals surface area contributed by atoms with E-state index < -0.39 is 0 Å². The van der Waals surface area contributed by atoms with Crippen LogP contribution in [0.4, 0.5) is 0 Å². The summed E-state index contributed by atoms with van der Waals surface area (Å²) in [4.78, 5) is 0. The van der Waals surface area contributed by atoms with Crippen molar-refractivity contribution in [1.29, 1.82) is 0 Å². The lowest BCUT2D eigenvalue weighted by molar-refractivity contribution is 1.21. The number of hydrogen-bond acceptors (Lipinski definition) is 1. The molecular formula is C70H43NS. The molecule has 334 valence electrons. The standard InChI is InChI=1S/C70H43NS/c1-4-19-44(20-5-1)47-35-38-63-60(41-47)61-42-48(45-21-6-2-7-22-45)36-39-64(61)71(63)69-56-31-16-14-29-54(56)67(55-30-15-17-32-57(55)69)49-37-40-65-62(43-49)58-33-18-34-59(70(58)72-65)68-52-27-12-10-25-50(52)66(46-23-8-3-9-24-46)51-26-11-13-28-53(51)68/h1-43H. The number of benzene rings is 13. The number of aromatic nitrogens is 1. The zero-order valence-electron chi connectivity index (χ0n) is 39.2. The molecule has 72 heavy (non-hydrogen) atoms. The molecule has 15 aromatic rings. The van der Waals surface area contributed by atoms with Crippen molar-refractivity contribution in [3.63, 3.8) is 0 Å². The van der Waals surface area contributed by atoms with E-state index in [4.69, 9.17) is 0 Å². The van der Waals surface area contributed by atoms with Gasteiger partial charge in [0.2, 0.25) is 0 Å². The molecule has 0 saturated heterocycles. The minimum atomic E-state index is 1.19. The molecule has 0 aliphatic heterocycles. The summed E-state index contributed by atoms with van der Waals surface area (Å²) in [5.41, 5.74) is 16.0. The highest BCUT2D eigenvalue weighted by atomic mass is 32.1. The van der Waals surface area contributed by atoms with E-state index in [9.17, 15) is 0 Å². The van der Waals surface area contributed by atoms with E-state index in [1.165, 1.54) is 146 Å². The Bertz CT molecular complexity index is 4450. The van der Waals surface area contributed by atoms with Gasteiger partial charge in [0.25, 0.3) is 0 Å². The van der Waals surface area contributed by atoms with Crippen molar-refractivity contribution in [2.75, 3.05) is 0 Å². The number of hydrogen-bond donors (Lipinski definition) is 0. The topological polar surface area (TPSA) is 4.93 Å². The van der Waals surface area contributed by atoms with Crippen LogP contribution < -0.4 is 0 Å². The second kappa shape index (κ2) is 16.2. The van der Waals surface area contributed by atoms with Crippen LogP contribution in [0.15, 0.2) is 261 Å². The Kier molecular flexibility index (Phi) is 9.20. The molecule has 0 aliphatic rings. The predicted octanol–water partition coefficient (Wildman–Crippen LogP) is 20.1. The van der Waals surface area contributed by atoms with Crippen LogP contribution in [0.25, 0.3) is 146 Å². The molecule has 0 spiro atoms. The molecule has 2 heteroatoms. The number of nitrogens with zero attached hydrogens (tertiary/aromatic N) is 1. The minimum Gasteiger partial charge on any atom is -0.308 e. The first kappa shape index (κ1) is 40.8. The first-order chi connectivity index (χ1) is 35.7.